The summed E-state index contributed by atoms with van der Waals surface area (Å²) in [6.45, 7) is 4.64. The minimum atomic E-state index is -3.96. The van der Waals surface area contributed by atoms with Crippen LogP contribution in [0, 0.1) is 5.92 Å². The molecule has 5 atom stereocenters. The second kappa shape index (κ2) is 7.37. The molecule has 5 N–H and O–H groups in total. The normalized spacial score (nSPS) is 29.6. The summed E-state index contributed by atoms with van der Waals surface area (Å²) in [7, 11) is -3.96. The third-order valence-electron chi connectivity index (χ3n) is 5.54. The van der Waals surface area contributed by atoms with Gasteiger partial charge in [-0.15, -0.1) is 0 Å². The highest BCUT2D eigenvalue weighted by Gasteiger charge is 2.63. The van der Waals surface area contributed by atoms with E-state index in [0.29, 0.717) is 17.5 Å². The number of hydrogen-bond donors (Lipinski definition) is 4. The summed E-state index contributed by atoms with van der Waals surface area (Å²) in [4.78, 5) is 18.2. The van der Waals surface area contributed by atoms with Gasteiger partial charge in [0.1, 0.15) is 23.9 Å². The van der Waals surface area contributed by atoms with E-state index in [4.69, 9.17) is 15.0 Å². The van der Waals surface area contributed by atoms with E-state index in [-0.39, 0.29) is 31.1 Å². The molecule has 28 heavy (non-hydrogen) atoms. The standard InChI is InChI=1S/C17H27N4O6P/c1-4-11(3)13(27-28(24,25)5-2)16(22)8-26-9-17(16,23)21-7-6-12-14(18)19-10-20-15(12)21/h6-7,10-11,13,22-23H,4-5,8-9H2,1-3H3,(H,24,25)(H2,18,19,20)/t11?,13?,16-,17+/m0/s1. The van der Waals surface area contributed by atoms with E-state index in [2.05, 4.69) is 9.97 Å². The van der Waals surface area contributed by atoms with Crippen molar-refractivity contribution in [3.63, 3.8) is 0 Å². The maximum atomic E-state index is 12.3. The zero-order chi connectivity index (χ0) is 20.7. The predicted molar refractivity (Wildman–Crippen MR) is 103 cm³/mol. The van der Waals surface area contributed by atoms with E-state index in [1.165, 1.54) is 24.0 Å². The van der Waals surface area contributed by atoms with E-state index in [1.54, 1.807) is 13.0 Å². The number of aliphatic hydroxyl groups is 2. The van der Waals surface area contributed by atoms with E-state index < -0.39 is 25.0 Å². The van der Waals surface area contributed by atoms with Gasteiger partial charge in [0.25, 0.3) is 0 Å². The van der Waals surface area contributed by atoms with E-state index in [0.717, 1.165) is 0 Å². The molecule has 1 aliphatic heterocycles. The highest BCUT2D eigenvalue weighted by atomic mass is 31.2. The molecule has 2 aromatic rings. The number of nitrogen functional groups attached to an aromatic ring is 1. The lowest BCUT2D eigenvalue weighted by atomic mass is 9.80. The minimum Gasteiger partial charge on any atom is -0.383 e. The van der Waals surface area contributed by atoms with Crippen LogP contribution < -0.4 is 5.73 Å². The number of ether oxygens (including phenoxy) is 1. The highest BCUT2D eigenvalue weighted by Crippen LogP contribution is 2.50. The molecule has 0 bridgehead atoms. The largest absolute Gasteiger partial charge is 0.383 e. The molecule has 1 aliphatic rings. The maximum absolute atomic E-state index is 12.3. The Kier molecular flexibility index (Phi) is 5.57. The van der Waals surface area contributed by atoms with Crippen LogP contribution in [0.2, 0.25) is 0 Å². The molecule has 0 saturated carbocycles. The van der Waals surface area contributed by atoms with Gasteiger partial charge in [-0.2, -0.15) is 0 Å². The molecule has 156 valence electrons. The third kappa shape index (κ3) is 3.24. The Labute approximate surface area is 162 Å². The van der Waals surface area contributed by atoms with Crippen molar-refractivity contribution in [2.24, 2.45) is 5.92 Å². The van der Waals surface area contributed by atoms with Crippen molar-refractivity contribution in [3.05, 3.63) is 18.6 Å². The fourth-order valence-corrected chi connectivity index (χ4v) is 4.46. The minimum absolute atomic E-state index is 0.120. The number of rotatable bonds is 7. The fourth-order valence-electron chi connectivity index (χ4n) is 3.57. The van der Waals surface area contributed by atoms with Gasteiger partial charge in [-0.1, -0.05) is 27.2 Å². The van der Waals surface area contributed by atoms with Crippen LogP contribution in [0.1, 0.15) is 27.2 Å². The molecule has 11 heteroatoms. The van der Waals surface area contributed by atoms with Crippen LogP contribution in [0.4, 0.5) is 5.82 Å². The van der Waals surface area contributed by atoms with E-state index in [9.17, 15) is 19.7 Å². The van der Waals surface area contributed by atoms with Crippen molar-refractivity contribution in [2.45, 2.75) is 44.6 Å². The zero-order valence-corrected chi connectivity index (χ0v) is 17.0. The van der Waals surface area contributed by atoms with Crippen molar-refractivity contribution in [2.75, 3.05) is 25.1 Å². The van der Waals surface area contributed by atoms with Gasteiger partial charge in [-0.25, -0.2) is 9.97 Å². The molecule has 0 amide bonds. The topological polar surface area (TPSA) is 153 Å². The lowest BCUT2D eigenvalue weighted by Gasteiger charge is -2.44. The number of fused-ring (bicyclic) bond motifs is 1. The molecule has 1 saturated heterocycles. The first-order valence-electron chi connectivity index (χ1n) is 9.20. The van der Waals surface area contributed by atoms with Crippen LogP contribution in [0.25, 0.3) is 11.0 Å². The molecule has 3 rings (SSSR count). The molecule has 0 spiro atoms. The summed E-state index contributed by atoms with van der Waals surface area (Å²) >= 11 is 0. The SMILES string of the molecule is CCC(C)C(OP(=O)(O)CC)[C@@]1(O)COC[C@]1(O)n1ccc2c(N)ncnc21. The molecule has 2 aromatic heterocycles. The molecular formula is C17H27N4O6P. The van der Waals surface area contributed by atoms with Crippen LogP contribution in [-0.4, -0.2) is 60.7 Å². The molecule has 0 aromatic carbocycles. The van der Waals surface area contributed by atoms with Gasteiger partial charge < -0.3 is 30.1 Å². The molecule has 1 fully saturated rings. The Morgan fingerprint density at radius 3 is 2.75 bits per heavy atom. The summed E-state index contributed by atoms with van der Waals surface area (Å²) in [5.41, 5.74) is 2.20. The van der Waals surface area contributed by atoms with Gasteiger partial charge in [-0.3, -0.25) is 9.13 Å². The van der Waals surface area contributed by atoms with Gasteiger partial charge in [0.2, 0.25) is 5.72 Å². The Morgan fingerprint density at radius 2 is 2.11 bits per heavy atom. The lowest BCUT2D eigenvalue weighted by molar-refractivity contribution is -0.216. The molecular weight excluding hydrogens is 387 g/mol. The van der Waals surface area contributed by atoms with Crippen molar-refractivity contribution in [1.82, 2.24) is 14.5 Å². The molecule has 10 nitrogen and oxygen atoms in total. The third-order valence-corrected chi connectivity index (χ3v) is 6.89. The first-order chi connectivity index (χ1) is 13.1. The van der Waals surface area contributed by atoms with Gasteiger partial charge in [0.05, 0.1) is 18.6 Å². The Bertz CT molecular complexity index is 907. The van der Waals surface area contributed by atoms with Crippen molar-refractivity contribution in [1.29, 1.82) is 0 Å². The zero-order valence-electron chi connectivity index (χ0n) is 16.1. The monoisotopic (exact) mass is 414 g/mol. The van der Waals surface area contributed by atoms with Gasteiger partial charge in [0, 0.05) is 12.4 Å². The average molecular weight is 414 g/mol. The summed E-state index contributed by atoms with van der Waals surface area (Å²) in [5.74, 6) is -0.109. The average Bonchev–Trinajstić information content (AvgIpc) is 3.23. The van der Waals surface area contributed by atoms with Gasteiger partial charge in [-0.05, 0) is 12.0 Å². The van der Waals surface area contributed by atoms with Crippen molar-refractivity contribution >= 4 is 24.4 Å². The van der Waals surface area contributed by atoms with Crippen molar-refractivity contribution in [3.8, 4) is 0 Å². The summed E-state index contributed by atoms with van der Waals surface area (Å²) in [5, 5.41) is 23.7. The van der Waals surface area contributed by atoms with E-state index >= 15 is 0 Å². The Morgan fingerprint density at radius 1 is 1.39 bits per heavy atom. The Balaban J connectivity index is 2.13. The van der Waals surface area contributed by atoms with Crippen LogP contribution in [-0.2, 0) is 19.6 Å². The lowest BCUT2D eigenvalue weighted by Crippen LogP contribution is -2.63. The smallest absolute Gasteiger partial charge is 0.328 e. The first-order valence-corrected chi connectivity index (χ1v) is 11.0. The van der Waals surface area contributed by atoms with Gasteiger partial charge in [0.15, 0.2) is 5.60 Å². The number of anilines is 1. The first kappa shape index (κ1) is 21.2. The summed E-state index contributed by atoms with van der Waals surface area (Å²) in [6, 6.07) is 1.63. The number of nitrogens with zero attached hydrogens (tertiary/aromatic N) is 3. The predicted octanol–water partition coefficient (Wildman–Crippen LogP) is 1.06. The quantitative estimate of drug-likeness (QED) is 0.487. The molecule has 0 radical (unpaired) electrons. The van der Waals surface area contributed by atoms with Crippen LogP contribution in [0.5, 0.6) is 0 Å². The molecule has 3 unspecified atom stereocenters. The number of nitrogens with two attached hydrogens (primary N) is 1. The van der Waals surface area contributed by atoms with Crippen LogP contribution >= 0.6 is 7.60 Å². The fraction of sp³-hybridized carbons (Fsp3) is 0.647. The maximum Gasteiger partial charge on any atom is 0.328 e. The van der Waals surface area contributed by atoms with E-state index in [1.807, 2.05) is 6.92 Å². The highest BCUT2D eigenvalue weighted by molar-refractivity contribution is 7.52. The van der Waals surface area contributed by atoms with Crippen LogP contribution in [0.15, 0.2) is 18.6 Å². The summed E-state index contributed by atoms with van der Waals surface area (Å²) in [6.07, 6.45) is 2.06. The number of hydrogen-bond acceptors (Lipinski definition) is 8. The number of aromatic nitrogens is 3. The Hall–Kier alpha value is -1.55. The van der Waals surface area contributed by atoms with Crippen LogP contribution in [0.3, 0.4) is 0 Å². The summed E-state index contributed by atoms with van der Waals surface area (Å²) < 4.78 is 24.6. The molecule has 0 aliphatic carbocycles. The molecule has 3 heterocycles. The second-order valence-electron chi connectivity index (χ2n) is 7.28. The van der Waals surface area contributed by atoms with Gasteiger partial charge >= 0.3 is 7.60 Å². The second-order valence-corrected chi connectivity index (χ2v) is 9.40. The van der Waals surface area contributed by atoms with Crippen molar-refractivity contribution < 1.29 is 28.9 Å².